The second-order valence-electron chi connectivity index (χ2n) is 2.39. The summed E-state index contributed by atoms with van der Waals surface area (Å²) in [7, 11) is 0. The van der Waals surface area contributed by atoms with Gasteiger partial charge in [0, 0.05) is 13.8 Å². The molecular formula is C7H11NO2. The maximum atomic E-state index is 10.9. The van der Waals surface area contributed by atoms with Gasteiger partial charge in [-0.1, -0.05) is 0 Å². The van der Waals surface area contributed by atoms with Crippen LogP contribution >= 0.6 is 0 Å². The minimum Gasteiger partial charge on any atom is -0.460 e. The highest BCUT2D eigenvalue weighted by atomic mass is 16.5. The van der Waals surface area contributed by atoms with E-state index in [1.54, 1.807) is 6.92 Å². The van der Waals surface area contributed by atoms with Gasteiger partial charge in [-0.25, -0.2) is 11.4 Å². The van der Waals surface area contributed by atoms with Crippen LogP contribution in [0.5, 0.6) is 0 Å². The number of carbonyl (C=O) groups is 1. The average molecular weight is 141 g/mol. The van der Waals surface area contributed by atoms with Crippen molar-refractivity contribution in [1.82, 2.24) is 0 Å². The second-order valence-corrected chi connectivity index (χ2v) is 2.39. The van der Waals surface area contributed by atoms with Gasteiger partial charge in [-0.3, -0.25) is 4.85 Å². The molecule has 0 radical (unpaired) electrons. The van der Waals surface area contributed by atoms with Crippen LogP contribution in [0.1, 0.15) is 20.8 Å². The fourth-order valence-corrected chi connectivity index (χ4v) is 0.353. The van der Waals surface area contributed by atoms with E-state index < -0.39 is 11.5 Å². The number of nitrogens with zero attached hydrogens (tertiary/aromatic N) is 1. The number of carbonyl (C=O) groups excluding carboxylic acids is 1. The van der Waals surface area contributed by atoms with Crippen molar-refractivity contribution in [3.8, 4) is 0 Å². The van der Waals surface area contributed by atoms with Crippen molar-refractivity contribution in [3.63, 3.8) is 0 Å². The molecule has 0 unspecified atom stereocenters. The number of esters is 1. The topological polar surface area (TPSA) is 30.7 Å². The van der Waals surface area contributed by atoms with Gasteiger partial charge in [0.2, 0.25) is 0 Å². The number of hydrogen-bond acceptors (Lipinski definition) is 2. The fraction of sp³-hybridized carbons (Fsp3) is 0.714. The molecule has 0 aliphatic heterocycles. The summed E-state index contributed by atoms with van der Waals surface area (Å²) >= 11 is 0. The lowest BCUT2D eigenvalue weighted by Crippen LogP contribution is -2.29. The second kappa shape index (κ2) is 3.21. The Morgan fingerprint density at radius 3 is 2.50 bits per heavy atom. The summed E-state index contributed by atoms with van der Waals surface area (Å²) in [4.78, 5) is 14.0. The molecule has 0 aromatic heterocycles. The van der Waals surface area contributed by atoms with Gasteiger partial charge in [-0.2, -0.15) is 0 Å². The number of ether oxygens (including phenoxy) is 1. The van der Waals surface area contributed by atoms with E-state index in [1.807, 2.05) is 0 Å². The van der Waals surface area contributed by atoms with Gasteiger partial charge in [0.05, 0.1) is 6.61 Å². The minimum atomic E-state index is -1.02. The molecule has 0 rings (SSSR count). The van der Waals surface area contributed by atoms with E-state index in [-0.39, 0.29) is 0 Å². The Morgan fingerprint density at radius 2 is 2.20 bits per heavy atom. The highest BCUT2D eigenvalue weighted by Crippen LogP contribution is 2.10. The Bertz CT molecular complexity index is 167. The molecule has 0 saturated heterocycles. The van der Waals surface area contributed by atoms with Crippen LogP contribution in [0.25, 0.3) is 4.85 Å². The Hall–Kier alpha value is -1.04. The third-order valence-corrected chi connectivity index (χ3v) is 1.05. The van der Waals surface area contributed by atoms with Crippen LogP contribution in [0.3, 0.4) is 0 Å². The zero-order valence-electron chi connectivity index (χ0n) is 6.47. The van der Waals surface area contributed by atoms with Crippen LogP contribution in [0, 0.1) is 6.57 Å². The lowest BCUT2D eigenvalue weighted by Gasteiger charge is -2.08. The van der Waals surface area contributed by atoms with E-state index in [9.17, 15) is 4.79 Å². The summed E-state index contributed by atoms with van der Waals surface area (Å²) in [6.45, 7) is 11.8. The molecule has 0 aromatic rings. The molecule has 0 saturated carbocycles. The largest absolute Gasteiger partial charge is 0.460 e. The summed E-state index contributed by atoms with van der Waals surface area (Å²) in [5, 5.41) is 0. The molecule has 0 N–H and O–H groups in total. The smallest absolute Gasteiger partial charge is 0.392 e. The highest BCUT2D eigenvalue weighted by Gasteiger charge is 2.35. The van der Waals surface area contributed by atoms with Crippen LogP contribution in [0.4, 0.5) is 0 Å². The Labute approximate surface area is 60.8 Å². The predicted octanol–water partition coefficient (Wildman–Crippen LogP) is 1.25. The van der Waals surface area contributed by atoms with E-state index in [4.69, 9.17) is 6.57 Å². The van der Waals surface area contributed by atoms with Crippen molar-refractivity contribution in [3.05, 3.63) is 11.4 Å². The van der Waals surface area contributed by atoms with E-state index >= 15 is 0 Å². The predicted molar refractivity (Wildman–Crippen MR) is 37.3 cm³/mol. The van der Waals surface area contributed by atoms with Crippen molar-refractivity contribution in [1.29, 1.82) is 0 Å². The van der Waals surface area contributed by atoms with E-state index in [2.05, 4.69) is 9.58 Å². The lowest BCUT2D eigenvalue weighted by molar-refractivity contribution is -0.146. The van der Waals surface area contributed by atoms with Crippen LogP contribution in [-0.2, 0) is 9.53 Å². The van der Waals surface area contributed by atoms with Crippen molar-refractivity contribution < 1.29 is 9.53 Å². The van der Waals surface area contributed by atoms with Crippen LogP contribution in [-0.4, -0.2) is 18.1 Å². The molecule has 0 aliphatic rings. The zero-order valence-corrected chi connectivity index (χ0v) is 6.47. The molecule has 3 nitrogen and oxygen atoms in total. The van der Waals surface area contributed by atoms with Crippen molar-refractivity contribution in [2.75, 3.05) is 6.61 Å². The molecule has 0 aromatic carbocycles. The normalized spacial score (nSPS) is 10.2. The first-order valence-corrected chi connectivity index (χ1v) is 3.10. The van der Waals surface area contributed by atoms with Crippen LogP contribution in [0.15, 0.2) is 0 Å². The van der Waals surface area contributed by atoms with Crippen molar-refractivity contribution in [2.24, 2.45) is 0 Å². The molecule has 0 amide bonds. The molecule has 0 fully saturated rings. The monoisotopic (exact) mass is 141 g/mol. The summed E-state index contributed by atoms with van der Waals surface area (Å²) < 4.78 is 4.64. The summed E-state index contributed by atoms with van der Waals surface area (Å²) in [5.41, 5.74) is -1.02. The quantitative estimate of drug-likeness (QED) is 0.428. The van der Waals surface area contributed by atoms with Gasteiger partial charge in [0.15, 0.2) is 0 Å². The SMILES string of the molecule is [C-]#[N+]C(C)(C)C(=O)OCC. The summed E-state index contributed by atoms with van der Waals surface area (Å²) in [6, 6.07) is 0. The summed E-state index contributed by atoms with van der Waals surface area (Å²) in [5.74, 6) is -0.454. The molecule has 0 aliphatic carbocycles. The van der Waals surface area contributed by atoms with E-state index in [0.717, 1.165) is 0 Å². The first-order chi connectivity index (χ1) is 4.54. The first kappa shape index (κ1) is 8.96. The van der Waals surface area contributed by atoms with E-state index in [0.29, 0.717) is 6.61 Å². The van der Waals surface area contributed by atoms with Crippen molar-refractivity contribution >= 4 is 5.97 Å². The van der Waals surface area contributed by atoms with Gasteiger partial charge < -0.3 is 4.74 Å². The van der Waals surface area contributed by atoms with Gasteiger partial charge in [-0.05, 0) is 6.92 Å². The molecule has 0 spiro atoms. The Morgan fingerprint density at radius 1 is 1.70 bits per heavy atom. The molecule has 0 bridgehead atoms. The molecule has 0 heterocycles. The first-order valence-electron chi connectivity index (χ1n) is 3.10. The van der Waals surface area contributed by atoms with Gasteiger partial charge in [0.1, 0.15) is 0 Å². The Balaban J connectivity index is 4.09. The van der Waals surface area contributed by atoms with Gasteiger partial charge in [0.25, 0.3) is 0 Å². The third kappa shape index (κ3) is 2.06. The maximum Gasteiger partial charge on any atom is 0.392 e. The molecular weight excluding hydrogens is 130 g/mol. The van der Waals surface area contributed by atoms with Crippen molar-refractivity contribution in [2.45, 2.75) is 26.3 Å². The highest BCUT2D eigenvalue weighted by molar-refractivity contribution is 5.81. The molecule has 0 atom stereocenters. The number of rotatable bonds is 2. The minimum absolute atomic E-state index is 0.331. The molecule has 3 heteroatoms. The standard InChI is InChI=1S/C7H11NO2/c1-5-10-6(9)7(2,3)8-4/h5H2,1-3H3. The lowest BCUT2D eigenvalue weighted by atomic mass is 10.1. The fourth-order valence-electron chi connectivity index (χ4n) is 0.353. The average Bonchev–Trinajstić information content (AvgIpc) is 1.89. The van der Waals surface area contributed by atoms with Gasteiger partial charge >= 0.3 is 11.5 Å². The number of hydrogen-bond donors (Lipinski definition) is 0. The maximum absolute atomic E-state index is 10.9. The van der Waals surface area contributed by atoms with E-state index in [1.165, 1.54) is 13.8 Å². The van der Waals surface area contributed by atoms with Crippen LogP contribution in [0.2, 0.25) is 0 Å². The summed E-state index contributed by atoms with van der Waals surface area (Å²) in [6.07, 6.45) is 0. The van der Waals surface area contributed by atoms with Crippen LogP contribution < -0.4 is 0 Å². The molecule has 56 valence electrons. The van der Waals surface area contributed by atoms with Gasteiger partial charge in [-0.15, -0.1) is 0 Å². The zero-order chi connectivity index (χ0) is 8.20. The Kier molecular flexibility index (Phi) is 2.88. The third-order valence-electron chi connectivity index (χ3n) is 1.05. The molecule has 10 heavy (non-hydrogen) atoms.